The maximum Gasteiger partial charge on any atom is -0.0159 e. The van der Waals surface area contributed by atoms with Crippen LogP contribution in [0.5, 0.6) is 0 Å². The Morgan fingerprint density at radius 2 is 1.57 bits per heavy atom. The first kappa shape index (κ1) is 15.1. The number of hydrogen-bond acceptors (Lipinski definition) is 0. The van der Waals surface area contributed by atoms with Crippen molar-refractivity contribution in [1.82, 2.24) is 0 Å². The van der Waals surface area contributed by atoms with Crippen molar-refractivity contribution < 1.29 is 0 Å². The van der Waals surface area contributed by atoms with E-state index in [-0.39, 0.29) is 0 Å². The Kier molecular flexibility index (Phi) is 5.03. The molecule has 2 aliphatic rings. The average Bonchev–Trinajstić information content (AvgIpc) is 2.55. The van der Waals surface area contributed by atoms with E-state index in [2.05, 4.69) is 38.1 Å². The summed E-state index contributed by atoms with van der Waals surface area (Å²) >= 11 is 0. The maximum absolute atomic E-state index is 2.41. The summed E-state index contributed by atoms with van der Waals surface area (Å²) in [4.78, 5) is 0. The largest absolute Gasteiger partial charge is 0.0654 e. The molecule has 0 heteroatoms. The summed E-state index contributed by atoms with van der Waals surface area (Å²) in [6.45, 7) is 4.60. The van der Waals surface area contributed by atoms with Crippen molar-refractivity contribution in [2.75, 3.05) is 0 Å². The fourth-order valence-electron chi connectivity index (χ4n) is 4.99. The molecular formula is C21H32. The summed E-state index contributed by atoms with van der Waals surface area (Å²) < 4.78 is 0. The lowest BCUT2D eigenvalue weighted by atomic mass is 9.63. The average molecular weight is 284 g/mol. The van der Waals surface area contributed by atoms with Gasteiger partial charge in [0.1, 0.15) is 0 Å². The lowest BCUT2D eigenvalue weighted by Crippen LogP contribution is -2.30. The second-order valence-corrected chi connectivity index (χ2v) is 7.59. The molecule has 0 nitrogen and oxygen atoms in total. The molecule has 0 unspecified atom stereocenters. The fraction of sp³-hybridized carbons (Fsp3) is 0.714. The number of hydrogen-bond donors (Lipinski definition) is 0. The highest BCUT2D eigenvalue weighted by molar-refractivity contribution is 5.26. The van der Waals surface area contributed by atoms with Crippen LogP contribution in [0, 0.1) is 17.8 Å². The third-order valence-corrected chi connectivity index (χ3v) is 6.28. The van der Waals surface area contributed by atoms with Crippen LogP contribution >= 0.6 is 0 Å². The van der Waals surface area contributed by atoms with Crippen LogP contribution in [-0.4, -0.2) is 0 Å². The topological polar surface area (TPSA) is 0 Å². The number of rotatable bonds is 4. The Labute approximate surface area is 131 Å². The van der Waals surface area contributed by atoms with E-state index in [1.165, 1.54) is 50.5 Å². The molecule has 21 heavy (non-hydrogen) atoms. The monoisotopic (exact) mass is 284 g/mol. The van der Waals surface area contributed by atoms with Gasteiger partial charge in [-0.1, -0.05) is 57.4 Å². The smallest absolute Gasteiger partial charge is 0.0159 e. The lowest BCUT2D eigenvalue weighted by molar-refractivity contribution is 0.114. The van der Waals surface area contributed by atoms with Crippen LogP contribution < -0.4 is 0 Å². The molecule has 1 aromatic carbocycles. The van der Waals surface area contributed by atoms with Gasteiger partial charge >= 0.3 is 0 Å². The molecule has 3 rings (SSSR count). The Bertz CT molecular complexity index is 430. The predicted molar refractivity (Wildman–Crippen MR) is 91.6 cm³/mol. The maximum atomic E-state index is 2.41. The van der Waals surface area contributed by atoms with Gasteiger partial charge in [0.05, 0.1) is 0 Å². The number of aryl methyl sites for hydroxylation is 1. The van der Waals surface area contributed by atoms with E-state index >= 15 is 0 Å². The molecule has 4 atom stereocenters. The van der Waals surface area contributed by atoms with Gasteiger partial charge in [0, 0.05) is 0 Å². The minimum atomic E-state index is 0.847. The predicted octanol–water partition coefficient (Wildman–Crippen LogP) is 6.35. The summed E-state index contributed by atoms with van der Waals surface area (Å²) in [7, 11) is 0. The molecule has 1 aromatic rings. The van der Waals surface area contributed by atoms with E-state index in [1.54, 1.807) is 12.0 Å². The quantitative estimate of drug-likeness (QED) is 0.604. The van der Waals surface area contributed by atoms with Crippen molar-refractivity contribution in [3.05, 3.63) is 35.4 Å². The first-order valence-corrected chi connectivity index (χ1v) is 9.39. The third-order valence-electron chi connectivity index (χ3n) is 6.28. The highest BCUT2D eigenvalue weighted by Gasteiger charge is 2.35. The molecule has 0 spiro atoms. The van der Waals surface area contributed by atoms with Gasteiger partial charge in [-0.2, -0.15) is 0 Å². The molecule has 2 fully saturated rings. The van der Waals surface area contributed by atoms with Crippen molar-refractivity contribution in [3.63, 3.8) is 0 Å². The zero-order valence-electron chi connectivity index (χ0n) is 14.0. The summed E-state index contributed by atoms with van der Waals surface area (Å²) in [5.74, 6) is 3.99. The van der Waals surface area contributed by atoms with E-state index in [4.69, 9.17) is 0 Å². The van der Waals surface area contributed by atoms with E-state index in [0.717, 1.165) is 30.1 Å². The van der Waals surface area contributed by atoms with Gasteiger partial charge in [-0.3, -0.25) is 0 Å². The molecule has 0 aromatic heterocycles. The van der Waals surface area contributed by atoms with Gasteiger partial charge in [0.15, 0.2) is 0 Å². The number of fused-ring (bicyclic) bond motifs is 1. The van der Waals surface area contributed by atoms with Gasteiger partial charge in [-0.15, -0.1) is 0 Å². The molecular weight excluding hydrogens is 252 g/mol. The van der Waals surface area contributed by atoms with Crippen molar-refractivity contribution in [2.45, 2.75) is 77.6 Å². The van der Waals surface area contributed by atoms with E-state index < -0.39 is 0 Å². The molecule has 0 heterocycles. The van der Waals surface area contributed by atoms with Gasteiger partial charge in [0.2, 0.25) is 0 Å². The van der Waals surface area contributed by atoms with Crippen LogP contribution in [-0.2, 0) is 6.42 Å². The van der Waals surface area contributed by atoms with Crippen LogP contribution in [0.4, 0.5) is 0 Å². The molecule has 2 aliphatic carbocycles. The first-order valence-electron chi connectivity index (χ1n) is 9.39. The summed E-state index contributed by atoms with van der Waals surface area (Å²) in [5.41, 5.74) is 3.09. The third kappa shape index (κ3) is 3.52. The van der Waals surface area contributed by atoms with Crippen molar-refractivity contribution in [1.29, 1.82) is 0 Å². The summed E-state index contributed by atoms with van der Waals surface area (Å²) in [5, 5.41) is 0. The highest BCUT2D eigenvalue weighted by Crippen LogP contribution is 2.48. The standard InChI is InChI=1S/C21H32/c1-3-5-17-8-11-21-15-20(13-12-19(21)14-17)18-9-6-16(4-2)7-10-18/h6-7,9-10,17,19-21H,3-5,8,11-15H2,1-2H3/t17-,19-,20+,21+/m0/s1. The van der Waals surface area contributed by atoms with Crippen LogP contribution in [0.25, 0.3) is 0 Å². The van der Waals surface area contributed by atoms with Gasteiger partial charge in [-0.25, -0.2) is 0 Å². The molecule has 0 bridgehead atoms. The minimum absolute atomic E-state index is 0.847. The first-order chi connectivity index (χ1) is 10.3. The van der Waals surface area contributed by atoms with Crippen molar-refractivity contribution in [2.24, 2.45) is 17.8 Å². The minimum Gasteiger partial charge on any atom is -0.0654 e. The lowest BCUT2D eigenvalue weighted by Gasteiger charge is -2.42. The van der Waals surface area contributed by atoms with Crippen LogP contribution in [0.1, 0.15) is 82.3 Å². The second kappa shape index (κ2) is 6.99. The van der Waals surface area contributed by atoms with Gasteiger partial charge in [0.25, 0.3) is 0 Å². The molecule has 0 saturated heterocycles. The molecule has 0 amide bonds. The molecule has 116 valence electrons. The fourth-order valence-corrected chi connectivity index (χ4v) is 4.99. The van der Waals surface area contributed by atoms with Crippen LogP contribution in [0.2, 0.25) is 0 Å². The molecule has 2 saturated carbocycles. The second-order valence-electron chi connectivity index (χ2n) is 7.59. The number of benzene rings is 1. The molecule has 0 N–H and O–H groups in total. The SMILES string of the molecule is CCC[C@H]1CC[C@@H]2C[C@H](c3ccc(CC)cc3)CC[C@H]2C1. The molecule has 0 radical (unpaired) electrons. The van der Waals surface area contributed by atoms with E-state index in [9.17, 15) is 0 Å². The zero-order valence-corrected chi connectivity index (χ0v) is 14.0. The Morgan fingerprint density at radius 1 is 0.857 bits per heavy atom. The Balaban J connectivity index is 1.60. The summed E-state index contributed by atoms with van der Waals surface area (Å²) in [6, 6.07) is 9.51. The highest BCUT2D eigenvalue weighted by atomic mass is 14.4. The zero-order chi connectivity index (χ0) is 14.7. The Morgan fingerprint density at radius 3 is 2.29 bits per heavy atom. The van der Waals surface area contributed by atoms with Crippen LogP contribution in [0.15, 0.2) is 24.3 Å². The van der Waals surface area contributed by atoms with Crippen molar-refractivity contribution in [3.8, 4) is 0 Å². The normalized spacial score (nSPS) is 32.7. The summed E-state index contributed by atoms with van der Waals surface area (Å²) in [6.07, 6.45) is 13.0. The van der Waals surface area contributed by atoms with Gasteiger partial charge in [-0.05, 0) is 73.3 Å². The van der Waals surface area contributed by atoms with Crippen LogP contribution in [0.3, 0.4) is 0 Å². The van der Waals surface area contributed by atoms with Crippen molar-refractivity contribution >= 4 is 0 Å². The van der Waals surface area contributed by atoms with Gasteiger partial charge < -0.3 is 0 Å². The Hall–Kier alpha value is -0.780. The van der Waals surface area contributed by atoms with E-state index in [1.807, 2.05) is 0 Å². The molecule has 0 aliphatic heterocycles. The van der Waals surface area contributed by atoms with E-state index in [0.29, 0.717) is 0 Å².